The van der Waals surface area contributed by atoms with Gasteiger partial charge >= 0.3 is 0 Å². The highest BCUT2D eigenvalue weighted by Crippen LogP contribution is 2.17. The van der Waals surface area contributed by atoms with Crippen LogP contribution in [0.2, 0.25) is 0 Å². The number of nitrogens with one attached hydrogen (secondary N) is 1. The third-order valence-corrected chi connectivity index (χ3v) is 3.86. The third kappa shape index (κ3) is 6.14. The lowest BCUT2D eigenvalue weighted by molar-refractivity contribution is 0.106. The number of rotatable bonds is 11. The lowest BCUT2D eigenvalue weighted by atomic mass is 9.91. The molecule has 0 aromatic heterocycles. The van der Waals surface area contributed by atoms with Crippen LogP contribution in [0.15, 0.2) is 0 Å². The van der Waals surface area contributed by atoms with Crippen molar-refractivity contribution in [2.24, 2.45) is 0 Å². The van der Waals surface area contributed by atoms with Gasteiger partial charge in [-0.3, -0.25) is 0 Å². The lowest BCUT2D eigenvalue weighted by Gasteiger charge is -2.33. The Morgan fingerprint density at radius 2 is 2.06 bits per heavy atom. The second-order valence-electron chi connectivity index (χ2n) is 5.21. The van der Waals surface area contributed by atoms with Gasteiger partial charge in [0, 0.05) is 18.7 Å². The third-order valence-electron chi connectivity index (χ3n) is 3.86. The van der Waals surface area contributed by atoms with E-state index in [9.17, 15) is 5.11 Å². The molecule has 4 nitrogen and oxygen atoms in total. The van der Waals surface area contributed by atoms with Crippen LogP contribution >= 0.6 is 0 Å². The monoisotopic (exact) mass is 260 g/mol. The molecule has 0 amide bonds. The fourth-order valence-corrected chi connectivity index (χ4v) is 2.27. The molecule has 0 radical (unpaired) electrons. The second-order valence-corrected chi connectivity index (χ2v) is 5.21. The zero-order valence-electron chi connectivity index (χ0n) is 12.8. The summed E-state index contributed by atoms with van der Waals surface area (Å²) in [6, 6.07) is 0.444. The Morgan fingerprint density at radius 3 is 2.50 bits per heavy atom. The van der Waals surface area contributed by atoms with Crippen molar-refractivity contribution in [3.05, 3.63) is 0 Å². The number of methoxy groups -OCH3 is 1. The minimum absolute atomic E-state index is 0.0971. The van der Waals surface area contributed by atoms with Crippen molar-refractivity contribution in [1.82, 2.24) is 10.2 Å². The van der Waals surface area contributed by atoms with Crippen LogP contribution in [0.3, 0.4) is 0 Å². The summed E-state index contributed by atoms with van der Waals surface area (Å²) in [5.74, 6) is 0. The first-order valence-electron chi connectivity index (χ1n) is 7.10. The minimum atomic E-state index is -0.0971. The van der Waals surface area contributed by atoms with Gasteiger partial charge in [0.05, 0.1) is 13.2 Å². The maximum absolute atomic E-state index is 9.57. The summed E-state index contributed by atoms with van der Waals surface area (Å²) in [5.41, 5.74) is -0.0971. The summed E-state index contributed by atoms with van der Waals surface area (Å²) >= 11 is 0. The Bertz CT molecular complexity index is 196. The van der Waals surface area contributed by atoms with Gasteiger partial charge in [0.15, 0.2) is 0 Å². The first-order valence-corrected chi connectivity index (χ1v) is 7.10. The molecule has 0 bridgehead atoms. The summed E-state index contributed by atoms with van der Waals surface area (Å²) in [5, 5.41) is 13.0. The quantitative estimate of drug-likeness (QED) is 0.591. The molecule has 0 saturated carbocycles. The molecule has 0 spiro atoms. The maximum atomic E-state index is 9.57. The first kappa shape index (κ1) is 17.8. The van der Waals surface area contributed by atoms with Gasteiger partial charge in [-0.25, -0.2) is 0 Å². The summed E-state index contributed by atoms with van der Waals surface area (Å²) in [4.78, 5) is 2.31. The van der Waals surface area contributed by atoms with Crippen LogP contribution in [0.1, 0.15) is 40.0 Å². The molecule has 0 aliphatic rings. The van der Waals surface area contributed by atoms with Gasteiger partial charge in [0.1, 0.15) is 0 Å². The Hall–Kier alpha value is -0.160. The predicted molar refractivity (Wildman–Crippen MR) is 77.0 cm³/mol. The fraction of sp³-hybridized carbons (Fsp3) is 1.00. The highest BCUT2D eigenvalue weighted by Gasteiger charge is 2.25. The molecule has 0 aliphatic heterocycles. The van der Waals surface area contributed by atoms with Crippen molar-refractivity contribution in [3.8, 4) is 0 Å². The van der Waals surface area contributed by atoms with E-state index in [2.05, 4.69) is 38.0 Å². The van der Waals surface area contributed by atoms with Crippen molar-refractivity contribution < 1.29 is 9.84 Å². The smallest absolute Gasteiger partial charge is 0.0615 e. The molecule has 2 N–H and O–H groups in total. The molecule has 0 fully saturated rings. The predicted octanol–water partition coefficient (Wildman–Crippen LogP) is 1.48. The van der Waals surface area contributed by atoms with Gasteiger partial charge in [0.2, 0.25) is 0 Å². The fourth-order valence-electron chi connectivity index (χ4n) is 2.27. The van der Waals surface area contributed by atoms with Gasteiger partial charge in [-0.15, -0.1) is 0 Å². The van der Waals surface area contributed by atoms with Gasteiger partial charge < -0.3 is 20.1 Å². The van der Waals surface area contributed by atoms with E-state index in [-0.39, 0.29) is 12.1 Å². The molecule has 2 unspecified atom stereocenters. The van der Waals surface area contributed by atoms with Crippen molar-refractivity contribution in [1.29, 1.82) is 0 Å². The molecule has 2 atom stereocenters. The molecule has 110 valence electrons. The molecular weight excluding hydrogens is 228 g/mol. The zero-order valence-corrected chi connectivity index (χ0v) is 12.8. The first-order chi connectivity index (χ1) is 8.55. The van der Waals surface area contributed by atoms with Crippen LogP contribution < -0.4 is 5.32 Å². The van der Waals surface area contributed by atoms with Crippen LogP contribution in [0.25, 0.3) is 0 Å². The van der Waals surface area contributed by atoms with Crippen molar-refractivity contribution in [2.45, 2.75) is 51.6 Å². The highest BCUT2D eigenvalue weighted by molar-refractivity contribution is 4.85. The Morgan fingerprint density at radius 1 is 1.39 bits per heavy atom. The number of aliphatic hydroxyl groups is 1. The van der Waals surface area contributed by atoms with Crippen LogP contribution in [0, 0.1) is 0 Å². The lowest BCUT2D eigenvalue weighted by Crippen LogP contribution is -2.48. The summed E-state index contributed by atoms with van der Waals surface area (Å²) in [7, 11) is 3.87. The standard InChI is InChI=1S/C14H32N2O2/c1-6-14(12-17,15-7-2)9-8-10-16(4)13(3)11-18-5/h13,15,17H,6-12H2,1-5H3. The molecule has 4 heteroatoms. The number of nitrogens with zero attached hydrogens (tertiary/aromatic N) is 1. The summed E-state index contributed by atoms with van der Waals surface area (Å²) in [6.07, 6.45) is 3.07. The van der Waals surface area contributed by atoms with E-state index in [0.29, 0.717) is 6.04 Å². The largest absolute Gasteiger partial charge is 0.394 e. The minimum Gasteiger partial charge on any atom is -0.394 e. The van der Waals surface area contributed by atoms with E-state index >= 15 is 0 Å². The number of hydrogen-bond acceptors (Lipinski definition) is 4. The number of likely N-dealkylation sites (N-methyl/N-ethyl adjacent to an activating group) is 2. The van der Waals surface area contributed by atoms with Gasteiger partial charge in [0.25, 0.3) is 0 Å². The van der Waals surface area contributed by atoms with E-state index in [1.165, 1.54) is 0 Å². The summed E-state index contributed by atoms with van der Waals surface area (Å²) < 4.78 is 5.16. The topological polar surface area (TPSA) is 44.7 Å². The molecular formula is C14H32N2O2. The van der Waals surface area contributed by atoms with Gasteiger partial charge in [-0.05, 0) is 46.3 Å². The van der Waals surface area contributed by atoms with Crippen molar-refractivity contribution in [2.75, 3.05) is 40.5 Å². The van der Waals surface area contributed by atoms with Crippen molar-refractivity contribution >= 4 is 0 Å². The Balaban J connectivity index is 4.05. The van der Waals surface area contributed by atoms with E-state index < -0.39 is 0 Å². The molecule has 0 aromatic rings. The van der Waals surface area contributed by atoms with E-state index in [1.54, 1.807) is 7.11 Å². The van der Waals surface area contributed by atoms with Crippen LogP contribution in [0.5, 0.6) is 0 Å². The molecule has 0 heterocycles. The van der Waals surface area contributed by atoms with Gasteiger partial charge in [-0.1, -0.05) is 13.8 Å². The highest BCUT2D eigenvalue weighted by atomic mass is 16.5. The van der Waals surface area contributed by atoms with E-state index in [1.807, 2.05) is 0 Å². The van der Waals surface area contributed by atoms with Crippen LogP contribution in [-0.4, -0.2) is 62.0 Å². The average Bonchev–Trinajstić information content (AvgIpc) is 2.37. The Labute approximate surface area is 113 Å². The Kier molecular flexibility index (Phi) is 9.64. The van der Waals surface area contributed by atoms with Gasteiger partial charge in [-0.2, -0.15) is 0 Å². The van der Waals surface area contributed by atoms with E-state index in [0.717, 1.165) is 39.0 Å². The molecule has 0 rings (SSSR count). The SMILES string of the molecule is CCNC(CC)(CO)CCCN(C)C(C)COC. The maximum Gasteiger partial charge on any atom is 0.0615 e. The van der Waals surface area contributed by atoms with Crippen molar-refractivity contribution in [3.63, 3.8) is 0 Å². The normalized spacial score (nSPS) is 16.8. The molecule has 0 aromatic carbocycles. The molecule has 18 heavy (non-hydrogen) atoms. The molecule has 0 aliphatic carbocycles. The van der Waals surface area contributed by atoms with Crippen LogP contribution in [-0.2, 0) is 4.74 Å². The van der Waals surface area contributed by atoms with E-state index in [4.69, 9.17) is 4.74 Å². The zero-order chi connectivity index (χ0) is 14.0. The summed E-state index contributed by atoms with van der Waals surface area (Å²) in [6.45, 7) is 9.33. The van der Waals surface area contributed by atoms with Crippen LogP contribution in [0.4, 0.5) is 0 Å². The average molecular weight is 260 g/mol. The molecule has 0 saturated heterocycles. The number of hydrogen-bond donors (Lipinski definition) is 2. The second kappa shape index (κ2) is 9.73. The number of ether oxygens (including phenoxy) is 1. The number of aliphatic hydroxyl groups excluding tert-OH is 1.